The zero-order valence-electron chi connectivity index (χ0n) is 11.4. The summed E-state index contributed by atoms with van der Waals surface area (Å²) in [6.45, 7) is 0. The summed E-state index contributed by atoms with van der Waals surface area (Å²) in [5.41, 5.74) is 0.300. The first-order valence-electron chi connectivity index (χ1n) is 6.20. The van der Waals surface area contributed by atoms with E-state index in [1.165, 1.54) is 29.7 Å². The number of nitrogens with one attached hydrogen (secondary N) is 1. The van der Waals surface area contributed by atoms with E-state index in [0.717, 1.165) is 12.1 Å². The van der Waals surface area contributed by atoms with Crippen LogP contribution in [-0.2, 0) is 0 Å². The van der Waals surface area contributed by atoms with Crippen molar-refractivity contribution < 1.29 is 22.7 Å². The molecule has 0 amide bonds. The van der Waals surface area contributed by atoms with Crippen LogP contribution < -0.4 is 10.1 Å². The summed E-state index contributed by atoms with van der Waals surface area (Å²) in [6, 6.07) is 9.99. The molecule has 0 aliphatic carbocycles. The first-order valence-corrected chi connectivity index (χ1v) is 7.08. The Bertz CT molecular complexity index is 745. The van der Waals surface area contributed by atoms with Gasteiger partial charge in [-0.15, -0.1) is 24.5 Å². The lowest BCUT2D eigenvalue weighted by molar-refractivity contribution is -0.274. The molecule has 1 aromatic heterocycles. The van der Waals surface area contributed by atoms with Gasteiger partial charge in [0.15, 0.2) is 0 Å². The van der Waals surface area contributed by atoms with Crippen LogP contribution in [-0.4, -0.2) is 12.1 Å². The first-order chi connectivity index (χ1) is 10.9. The van der Waals surface area contributed by atoms with E-state index in [4.69, 9.17) is 5.26 Å². The number of thiophene rings is 1. The SMILES string of the molecule is N#C/C(=C\Nc1ccc(OC(F)(F)F)cc1)C(=O)c1cccs1. The number of hydrogen-bond donors (Lipinski definition) is 1. The number of carbonyl (C=O) groups excluding carboxylic acids is 1. The molecule has 2 rings (SSSR count). The van der Waals surface area contributed by atoms with Gasteiger partial charge in [-0.1, -0.05) is 6.07 Å². The number of rotatable bonds is 5. The molecule has 0 aliphatic rings. The van der Waals surface area contributed by atoms with Crippen LogP contribution in [0.1, 0.15) is 9.67 Å². The molecule has 0 spiro atoms. The van der Waals surface area contributed by atoms with Crippen molar-refractivity contribution in [2.75, 3.05) is 5.32 Å². The second-order valence-corrected chi connectivity index (χ2v) is 5.14. The summed E-state index contributed by atoms with van der Waals surface area (Å²) >= 11 is 1.21. The molecule has 0 saturated carbocycles. The molecule has 0 radical (unpaired) electrons. The van der Waals surface area contributed by atoms with E-state index in [0.29, 0.717) is 10.6 Å². The normalized spacial score (nSPS) is 11.7. The fourth-order valence-corrected chi connectivity index (χ4v) is 2.28. The predicted molar refractivity (Wildman–Crippen MR) is 79.1 cm³/mol. The molecule has 1 heterocycles. The van der Waals surface area contributed by atoms with E-state index in [2.05, 4.69) is 10.1 Å². The molecule has 8 heteroatoms. The smallest absolute Gasteiger partial charge is 0.406 e. The second-order valence-electron chi connectivity index (χ2n) is 4.19. The van der Waals surface area contributed by atoms with Crippen molar-refractivity contribution in [3.8, 4) is 11.8 Å². The maximum atomic E-state index is 12.0. The average molecular weight is 338 g/mol. The van der Waals surface area contributed by atoms with Crippen molar-refractivity contribution >= 4 is 22.8 Å². The summed E-state index contributed by atoms with van der Waals surface area (Å²) in [5, 5.41) is 13.4. The highest BCUT2D eigenvalue weighted by atomic mass is 32.1. The minimum atomic E-state index is -4.75. The van der Waals surface area contributed by atoms with Crippen LogP contribution in [0, 0.1) is 11.3 Å². The zero-order valence-corrected chi connectivity index (χ0v) is 12.2. The van der Waals surface area contributed by atoms with Crippen LogP contribution in [0.15, 0.2) is 53.6 Å². The van der Waals surface area contributed by atoms with Crippen LogP contribution in [0.25, 0.3) is 0 Å². The van der Waals surface area contributed by atoms with Crippen molar-refractivity contribution in [1.82, 2.24) is 0 Å². The van der Waals surface area contributed by atoms with E-state index in [9.17, 15) is 18.0 Å². The van der Waals surface area contributed by atoms with Gasteiger partial charge in [0.1, 0.15) is 17.4 Å². The summed E-state index contributed by atoms with van der Waals surface area (Å²) in [7, 11) is 0. The van der Waals surface area contributed by atoms with Crippen molar-refractivity contribution in [1.29, 1.82) is 5.26 Å². The van der Waals surface area contributed by atoms with E-state index in [1.807, 2.05) is 0 Å². The Morgan fingerprint density at radius 2 is 1.96 bits per heavy atom. The lowest BCUT2D eigenvalue weighted by atomic mass is 10.2. The third kappa shape index (κ3) is 4.86. The third-order valence-electron chi connectivity index (χ3n) is 2.58. The summed E-state index contributed by atoms with van der Waals surface area (Å²) in [5.74, 6) is -0.783. The third-order valence-corrected chi connectivity index (χ3v) is 3.45. The van der Waals surface area contributed by atoms with Crippen molar-refractivity contribution in [2.45, 2.75) is 6.36 Å². The number of nitriles is 1. The van der Waals surface area contributed by atoms with Gasteiger partial charge in [-0.3, -0.25) is 4.79 Å². The van der Waals surface area contributed by atoms with Gasteiger partial charge in [-0.2, -0.15) is 5.26 Å². The van der Waals surface area contributed by atoms with Crippen LogP contribution >= 0.6 is 11.3 Å². The molecule has 0 unspecified atom stereocenters. The van der Waals surface area contributed by atoms with Crippen LogP contribution in [0.2, 0.25) is 0 Å². The largest absolute Gasteiger partial charge is 0.573 e. The summed E-state index contributed by atoms with van der Waals surface area (Å²) in [4.78, 5) is 12.4. The maximum absolute atomic E-state index is 12.0. The Hall–Kier alpha value is -2.79. The number of ketones is 1. The summed E-state index contributed by atoms with van der Waals surface area (Å²) < 4.78 is 39.9. The van der Waals surface area contributed by atoms with E-state index in [1.54, 1.807) is 23.6 Å². The fraction of sp³-hybridized carbons (Fsp3) is 0.0667. The number of Topliss-reactive ketones (excluding diaryl/α,β-unsaturated/α-hetero) is 1. The van der Waals surface area contributed by atoms with Crippen LogP contribution in [0.3, 0.4) is 0 Å². The molecule has 23 heavy (non-hydrogen) atoms. The van der Waals surface area contributed by atoms with Gasteiger partial charge in [-0.05, 0) is 35.7 Å². The Morgan fingerprint density at radius 3 is 2.48 bits per heavy atom. The van der Waals surface area contributed by atoms with Gasteiger partial charge in [0.2, 0.25) is 5.78 Å². The molecule has 0 saturated heterocycles. The van der Waals surface area contributed by atoms with Gasteiger partial charge in [0, 0.05) is 11.9 Å². The van der Waals surface area contributed by atoms with E-state index >= 15 is 0 Å². The van der Waals surface area contributed by atoms with E-state index < -0.39 is 12.1 Å². The lowest BCUT2D eigenvalue weighted by Gasteiger charge is -2.09. The number of nitrogens with zero attached hydrogens (tertiary/aromatic N) is 1. The monoisotopic (exact) mass is 338 g/mol. The van der Waals surface area contributed by atoms with E-state index in [-0.39, 0.29) is 11.3 Å². The predicted octanol–water partition coefficient (Wildman–Crippen LogP) is 4.35. The van der Waals surface area contributed by atoms with Crippen LogP contribution in [0.5, 0.6) is 5.75 Å². The molecule has 118 valence electrons. The molecule has 4 nitrogen and oxygen atoms in total. The molecular formula is C15H9F3N2O2S. The van der Waals surface area contributed by atoms with Gasteiger partial charge in [0.25, 0.3) is 0 Å². The minimum Gasteiger partial charge on any atom is -0.406 e. The number of allylic oxidation sites excluding steroid dienone is 1. The minimum absolute atomic E-state index is 0.108. The molecule has 0 atom stereocenters. The first kappa shape index (κ1) is 16.6. The van der Waals surface area contributed by atoms with Crippen molar-refractivity contribution in [2.24, 2.45) is 0 Å². The van der Waals surface area contributed by atoms with Crippen molar-refractivity contribution in [3.63, 3.8) is 0 Å². The number of carbonyl (C=O) groups is 1. The van der Waals surface area contributed by atoms with Crippen molar-refractivity contribution in [3.05, 3.63) is 58.4 Å². The number of halogens is 3. The summed E-state index contributed by atoms with van der Waals surface area (Å²) in [6.07, 6.45) is -3.54. The highest BCUT2D eigenvalue weighted by Gasteiger charge is 2.30. The number of benzene rings is 1. The number of anilines is 1. The van der Waals surface area contributed by atoms with Gasteiger partial charge in [0.05, 0.1) is 4.88 Å². The quantitative estimate of drug-likeness (QED) is 0.500. The van der Waals surface area contributed by atoms with Gasteiger partial charge in [-0.25, -0.2) is 0 Å². The topological polar surface area (TPSA) is 62.1 Å². The maximum Gasteiger partial charge on any atom is 0.573 e. The Kier molecular flexibility index (Phi) is 5.03. The van der Waals surface area contributed by atoms with Gasteiger partial charge >= 0.3 is 6.36 Å². The second kappa shape index (κ2) is 6.98. The molecular weight excluding hydrogens is 329 g/mol. The molecule has 0 aliphatic heterocycles. The molecule has 1 aromatic carbocycles. The fourth-order valence-electron chi connectivity index (χ4n) is 1.60. The molecule has 1 N–H and O–H groups in total. The Morgan fingerprint density at radius 1 is 1.26 bits per heavy atom. The highest BCUT2D eigenvalue weighted by Crippen LogP contribution is 2.24. The van der Waals surface area contributed by atoms with Gasteiger partial charge < -0.3 is 10.1 Å². The average Bonchev–Trinajstić information content (AvgIpc) is 3.02. The Balaban J connectivity index is 2.06. The molecule has 0 fully saturated rings. The number of ether oxygens (including phenoxy) is 1. The zero-order chi connectivity index (χ0) is 16.9. The number of hydrogen-bond acceptors (Lipinski definition) is 5. The lowest BCUT2D eigenvalue weighted by Crippen LogP contribution is -2.16. The molecule has 0 bridgehead atoms. The number of alkyl halides is 3. The standard InChI is InChI=1S/C15H9F3N2O2S/c16-15(17,18)22-12-5-3-11(4-6-12)20-9-10(8-19)14(21)13-2-1-7-23-13/h1-7,9,20H/b10-9+. The Labute approximate surface area is 133 Å². The molecule has 2 aromatic rings. The highest BCUT2D eigenvalue weighted by molar-refractivity contribution is 7.12. The van der Waals surface area contributed by atoms with Crippen LogP contribution in [0.4, 0.5) is 18.9 Å².